The van der Waals surface area contributed by atoms with Crippen molar-refractivity contribution in [2.45, 2.75) is 0 Å². The zero-order chi connectivity index (χ0) is 9.84. The minimum atomic E-state index is -1.22. The Labute approximate surface area is 73.0 Å². The summed E-state index contributed by atoms with van der Waals surface area (Å²) in [5.74, 6) is -1.61. The third-order valence-electron chi connectivity index (χ3n) is 1.41. The van der Waals surface area contributed by atoms with Crippen LogP contribution in [-0.2, 0) is 0 Å². The van der Waals surface area contributed by atoms with Crippen molar-refractivity contribution in [3.8, 4) is 5.75 Å². The number of hydrogen-bond donors (Lipinski definition) is 3. The Morgan fingerprint density at radius 2 is 2.23 bits per heavy atom. The van der Waals surface area contributed by atoms with Crippen LogP contribution in [0.5, 0.6) is 5.75 Å². The maximum atomic E-state index is 10.4. The summed E-state index contributed by atoms with van der Waals surface area (Å²) in [4.78, 5) is 10.4. The Morgan fingerprint density at radius 3 is 2.69 bits per heavy atom. The fraction of sp³-hybridized carbons (Fsp3) is 0. The molecule has 66 valence electrons. The average molecular weight is 180 g/mol. The van der Waals surface area contributed by atoms with Gasteiger partial charge < -0.3 is 10.2 Å². The van der Waals surface area contributed by atoms with Gasteiger partial charge in [0, 0.05) is 6.07 Å². The predicted octanol–water partition coefficient (Wildman–Crippen LogP) is 1.27. The molecule has 6 nitrogen and oxygen atoms in total. The molecule has 1 aromatic rings. The van der Waals surface area contributed by atoms with E-state index in [0.717, 1.165) is 6.07 Å². The summed E-state index contributed by atoms with van der Waals surface area (Å²) in [7, 11) is 0. The van der Waals surface area contributed by atoms with Crippen LogP contribution in [0.15, 0.2) is 18.2 Å². The first-order valence-corrected chi connectivity index (χ1v) is 3.31. The van der Waals surface area contributed by atoms with E-state index >= 15 is 0 Å². The summed E-state index contributed by atoms with van der Waals surface area (Å²) in [6.07, 6.45) is 0. The normalized spacial score (nSPS) is 8.85. The van der Waals surface area contributed by atoms with Crippen molar-refractivity contribution < 1.29 is 15.0 Å². The largest absolute Gasteiger partial charge is 0.507 e. The molecular weight excluding hydrogens is 174 g/mol. The molecule has 0 atom stereocenters. The minimum Gasteiger partial charge on any atom is -0.507 e. The maximum absolute atomic E-state index is 10.4. The summed E-state index contributed by atoms with van der Waals surface area (Å²) in [5, 5.41) is 28.4. The number of benzene rings is 1. The van der Waals surface area contributed by atoms with Gasteiger partial charge in [0.2, 0.25) is 0 Å². The molecule has 0 fully saturated rings. The molecular formula is C7H6N3O3+. The molecule has 0 radical (unpaired) electrons. The van der Waals surface area contributed by atoms with E-state index in [1.54, 1.807) is 0 Å². The van der Waals surface area contributed by atoms with Crippen molar-refractivity contribution >= 4 is 11.7 Å². The van der Waals surface area contributed by atoms with Crippen LogP contribution in [0.4, 0.5) is 5.69 Å². The molecule has 0 spiro atoms. The van der Waals surface area contributed by atoms with E-state index in [9.17, 15) is 4.79 Å². The fourth-order valence-electron chi connectivity index (χ4n) is 0.840. The number of nitrogens with one attached hydrogen (secondary N) is 1. The van der Waals surface area contributed by atoms with Crippen LogP contribution >= 0.6 is 0 Å². The molecule has 0 aromatic heterocycles. The van der Waals surface area contributed by atoms with E-state index in [-0.39, 0.29) is 11.3 Å². The molecule has 0 saturated heterocycles. The third-order valence-corrected chi connectivity index (χ3v) is 1.41. The summed E-state index contributed by atoms with van der Waals surface area (Å²) in [6, 6.07) is 3.71. The monoisotopic (exact) mass is 180 g/mol. The van der Waals surface area contributed by atoms with Crippen LogP contribution in [0.2, 0.25) is 0 Å². The molecule has 0 aliphatic rings. The average Bonchev–Trinajstić information content (AvgIpc) is 2.04. The molecule has 1 aromatic carbocycles. The van der Waals surface area contributed by atoms with Gasteiger partial charge in [-0.05, 0) is 17.6 Å². The van der Waals surface area contributed by atoms with Crippen LogP contribution in [0, 0.1) is 5.39 Å². The van der Waals surface area contributed by atoms with E-state index in [4.69, 9.17) is 15.6 Å². The van der Waals surface area contributed by atoms with E-state index in [1.165, 1.54) is 12.1 Å². The number of carboxylic acid groups (broad SMARTS) is 1. The Hall–Kier alpha value is -2.29. The highest BCUT2D eigenvalue weighted by Crippen LogP contribution is 2.21. The molecule has 0 amide bonds. The number of rotatable bonds is 2. The SMILES string of the molecule is N#[N+]Nc1ccc(C(=O)O)c(O)c1. The number of anilines is 1. The first-order chi connectivity index (χ1) is 6.15. The highest BCUT2D eigenvalue weighted by molar-refractivity contribution is 5.91. The van der Waals surface area contributed by atoms with Gasteiger partial charge in [0.25, 0.3) is 5.39 Å². The number of aromatic hydroxyl groups is 1. The molecule has 6 heteroatoms. The molecule has 1 rings (SSSR count). The van der Waals surface area contributed by atoms with Crippen LogP contribution in [0.1, 0.15) is 10.4 Å². The van der Waals surface area contributed by atoms with Crippen LogP contribution in [-0.4, -0.2) is 16.2 Å². The Kier molecular flexibility index (Phi) is 2.31. The van der Waals surface area contributed by atoms with Crippen molar-refractivity contribution in [2.75, 3.05) is 5.43 Å². The number of diazo groups is 1. The third kappa shape index (κ3) is 1.84. The number of aromatic carboxylic acids is 1. The highest BCUT2D eigenvalue weighted by Gasteiger charge is 2.10. The van der Waals surface area contributed by atoms with E-state index in [1.807, 2.05) is 0 Å². The lowest BCUT2D eigenvalue weighted by Crippen LogP contribution is -1.96. The molecule has 0 heterocycles. The van der Waals surface area contributed by atoms with Crippen LogP contribution < -0.4 is 5.43 Å². The zero-order valence-corrected chi connectivity index (χ0v) is 6.43. The Balaban J connectivity index is 3.07. The maximum Gasteiger partial charge on any atom is 0.339 e. The predicted molar refractivity (Wildman–Crippen MR) is 43.8 cm³/mol. The number of carboxylic acids is 1. The van der Waals surface area contributed by atoms with Crippen LogP contribution in [0.3, 0.4) is 0 Å². The summed E-state index contributed by atoms with van der Waals surface area (Å²) in [5.41, 5.74) is 2.23. The van der Waals surface area contributed by atoms with E-state index in [2.05, 4.69) is 10.5 Å². The van der Waals surface area contributed by atoms with Crippen molar-refractivity contribution in [3.63, 3.8) is 0 Å². The van der Waals surface area contributed by atoms with Gasteiger partial charge in [-0.1, -0.05) is 0 Å². The van der Waals surface area contributed by atoms with Gasteiger partial charge in [0.05, 0.1) is 0 Å². The molecule has 0 aliphatic carbocycles. The minimum absolute atomic E-state index is 0.205. The smallest absolute Gasteiger partial charge is 0.339 e. The van der Waals surface area contributed by atoms with Gasteiger partial charge in [-0.3, -0.25) is 0 Å². The quantitative estimate of drug-likeness (QED) is 0.470. The second-order valence-electron chi connectivity index (χ2n) is 2.25. The number of nitrogens with zero attached hydrogens (tertiary/aromatic N) is 2. The summed E-state index contributed by atoms with van der Waals surface area (Å²) < 4.78 is 0. The van der Waals surface area contributed by atoms with Crippen LogP contribution in [0.25, 0.3) is 5.08 Å². The number of carbonyl (C=O) groups is 1. The first-order valence-electron chi connectivity index (χ1n) is 3.31. The van der Waals surface area contributed by atoms with Gasteiger partial charge in [0.1, 0.15) is 17.0 Å². The first kappa shape index (κ1) is 8.80. The lowest BCUT2D eigenvalue weighted by molar-refractivity contribution is 0.0694. The van der Waals surface area contributed by atoms with Gasteiger partial charge in [-0.15, -0.1) is 0 Å². The highest BCUT2D eigenvalue weighted by atomic mass is 16.4. The number of hydrogen-bond acceptors (Lipinski definition) is 4. The second kappa shape index (κ2) is 3.40. The van der Waals surface area contributed by atoms with E-state index < -0.39 is 5.97 Å². The molecule has 0 aliphatic heterocycles. The van der Waals surface area contributed by atoms with Crippen molar-refractivity contribution in [1.82, 2.24) is 0 Å². The zero-order valence-electron chi connectivity index (χ0n) is 6.43. The topological polar surface area (TPSA) is 97.7 Å². The van der Waals surface area contributed by atoms with Gasteiger partial charge >= 0.3 is 11.1 Å². The molecule has 0 unspecified atom stereocenters. The standard InChI is InChI=1S/C7H5N3O3/c8-10-9-4-1-2-5(7(12)13)6(11)3-4/h1-3,9H,(H-,11,12,13)/p+1. The molecule has 3 N–H and O–H groups in total. The van der Waals surface area contributed by atoms with Gasteiger partial charge in [0.15, 0.2) is 0 Å². The number of phenols is 1. The van der Waals surface area contributed by atoms with Gasteiger partial charge in [-0.2, -0.15) is 0 Å². The fourth-order valence-corrected chi connectivity index (χ4v) is 0.840. The molecule has 0 saturated carbocycles. The van der Waals surface area contributed by atoms with Crippen molar-refractivity contribution in [1.29, 1.82) is 5.39 Å². The molecule has 0 bridgehead atoms. The van der Waals surface area contributed by atoms with Gasteiger partial charge in [-0.25, -0.2) is 4.79 Å². The van der Waals surface area contributed by atoms with Crippen molar-refractivity contribution in [3.05, 3.63) is 28.8 Å². The summed E-state index contributed by atoms with van der Waals surface area (Å²) >= 11 is 0. The van der Waals surface area contributed by atoms with E-state index in [0.29, 0.717) is 5.69 Å². The molecule has 13 heavy (non-hydrogen) atoms. The lowest BCUT2D eigenvalue weighted by atomic mass is 10.2. The van der Waals surface area contributed by atoms with Crippen molar-refractivity contribution in [2.24, 2.45) is 0 Å². The Bertz CT molecular complexity index is 383. The lowest BCUT2D eigenvalue weighted by Gasteiger charge is -1.98. The second-order valence-corrected chi connectivity index (χ2v) is 2.25. The Morgan fingerprint density at radius 1 is 1.54 bits per heavy atom. The summed E-state index contributed by atoms with van der Waals surface area (Å²) in [6.45, 7) is 0.